The monoisotopic (exact) mass is 252 g/mol. The van der Waals surface area contributed by atoms with Crippen LogP contribution >= 0.6 is 0 Å². The van der Waals surface area contributed by atoms with Gasteiger partial charge in [0.1, 0.15) is 11.5 Å². The summed E-state index contributed by atoms with van der Waals surface area (Å²) in [5.41, 5.74) is 0.729. The second-order valence-corrected chi connectivity index (χ2v) is 3.94. The van der Waals surface area contributed by atoms with Crippen molar-refractivity contribution in [2.75, 3.05) is 13.2 Å². The van der Waals surface area contributed by atoms with Gasteiger partial charge in [-0.25, -0.2) is 0 Å². The van der Waals surface area contributed by atoms with Crippen molar-refractivity contribution in [2.45, 2.75) is 33.1 Å². The van der Waals surface area contributed by atoms with Gasteiger partial charge < -0.3 is 14.6 Å². The smallest absolute Gasteiger partial charge is 0.306 e. The van der Waals surface area contributed by atoms with E-state index in [-0.39, 0.29) is 18.1 Å². The van der Waals surface area contributed by atoms with Crippen LogP contribution in [0.4, 0.5) is 0 Å². The lowest BCUT2D eigenvalue weighted by molar-refractivity contribution is -0.143. The maximum atomic E-state index is 11.2. The predicted molar refractivity (Wildman–Crippen MR) is 68.8 cm³/mol. The van der Waals surface area contributed by atoms with Gasteiger partial charge in [-0.15, -0.1) is 0 Å². The fraction of sp³-hybridized carbons (Fsp3) is 0.500. The first-order chi connectivity index (χ1) is 8.67. The summed E-state index contributed by atoms with van der Waals surface area (Å²) < 4.78 is 10.2. The van der Waals surface area contributed by atoms with E-state index in [1.165, 1.54) is 0 Å². The summed E-state index contributed by atoms with van der Waals surface area (Å²) in [6.45, 7) is 4.80. The number of carbonyl (C=O) groups excluding carboxylic acids is 1. The van der Waals surface area contributed by atoms with Gasteiger partial charge in [0.15, 0.2) is 0 Å². The molecule has 0 aromatic heterocycles. The molecule has 0 saturated carbocycles. The molecule has 0 aliphatic carbocycles. The summed E-state index contributed by atoms with van der Waals surface area (Å²) in [5, 5.41) is 9.80. The Morgan fingerprint density at radius 1 is 1.33 bits per heavy atom. The molecule has 0 fully saturated rings. The molecule has 0 atom stereocenters. The Morgan fingerprint density at radius 3 is 2.72 bits per heavy atom. The van der Waals surface area contributed by atoms with Gasteiger partial charge >= 0.3 is 5.97 Å². The third-order valence-electron chi connectivity index (χ3n) is 2.43. The second kappa shape index (κ2) is 7.58. The third kappa shape index (κ3) is 4.65. The van der Waals surface area contributed by atoms with Crippen molar-refractivity contribution in [1.82, 2.24) is 0 Å². The van der Waals surface area contributed by atoms with E-state index >= 15 is 0 Å². The largest absolute Gasteiger partial charge is 0.508 e. The Balaban J connectivity index is 2.54. The topological polar surface area (TPSA) is 55.8 Å². The summed E-state index contributed by atoms with van der Waals surface area (Å²) in [7, 11) is 0. The first kappa shape index (κ1) is 14.4. The zero-order chi connectivity index (χ0) is 13.4. The normalized spacial score (nSPS) is 10.1. The molecule has 1 N–H and O–H groups in total. The number of hydrogen-bond donors (Lipinski definition) is 1. The summed E-state index contributed by atoms with van der Waals surface area (Å²) in [6.07, 6.45) is 1.67. The van der Waals surface area contributed by atoms with Crippen molar-refractivity contribution in [1.29, 1.82) is 0 Å². The van der Waals surface area contributed by atoms with Crippen LogP contribution in [-0.2, 0) is 16.0 Å². The second-order valence-electron chi connectivity index (χ2n) is 3.94. The van der Waals surface area contributed by atoms with Crippen molar-refractivity contribution in [3.63, 3.8) is 0 Å². The number of aryl methyl sites for hydroxylation is 1. The molecule has 100 valence electrons. The highest BCUT2D eigenvalue weighted by atomic mass is 16.5. The summed E-state index contributed by atoms with van der Waals surface area (Å²) >= 11 is 0. The number of hydrogen-bond acceptors (Lipinski definition) is 4. The van der Waals surface area contributed by atoms with Crippen LogP contribution in [0, 0.1) is 0 Å². The molecule has 0 saturated heterocycles. The fourth-order valence-electron chi connectivity index (χ4n) is 1.53. The maximum Gasteiger partial charge on any atom is 0.306 e. The Labute approximate surface area is 108 Å². The zero-order valence-corrected chi connectivity index (χ0v) is 10.9. The average molecular weight is 252 g/mol. The van der Waals surface area contributed by atoms with Crippen LogP contribution in [0.15, 0.2) is 18.2 Å². The maximum absolute atomic E-state index is 11.2. The average Bonchev–Trinajstić information content (AvgIpc) is 2.35. The van der Waals surface area contributed by atoms with Crippen LogP contribution in [0.3, 0.4) is 0 Å². The van der Waals surface area contributed by atoms with Gasteiger partial charge in [0.2, 0.25) is 0 Å². The number of phenols is 1. The van der Waals surface area contributed by atoms with E-state index in [0.717, 1.165) is 12.0 Å². The molecule has 0 spiro atoms. The Kier molecular flexibility index (Phi) is 6.05. The van der Waals surface area contributed by atoms with Crippen LogP contribution in [-0.4, -0.2) is 24.3 Å². The number of benzene rings is 1. The highest BCUT2D eigenvalue weighted by Crippen LogP contribution is 2.24. The Bertz CT molecular complexity index is 387. The molecule has 0 unspecified atom stereocenters. The highest BCUT2D eigenvalue weighted by Gasteiger charge is 2.07. The molecule has 4 nitrogen and oxygen atoms in total. The molecule has 0 bridgehead atoms. The summed E-state index contributed by atoms with van der Waals surface area (Å²) in [5.74, 6) is 0.561. The van der Waals surface area contributed by atoms with E-state index < -0.39 is 0 Å². The van der Waals surface area contributed by atoms with Gasteiger partial charge in [0.05, 0.1) is 13.2 Å². The first-order valence-electron chi connectivity index (χ1n) is 6.27. The lowest BCUT2D eigenvalue weighted by Gasteiger charge is -2.08. The van der Waals surface area contributed by atoms with Crippen molar-refractivity contribution >= 4 is 5.97 Å². The SMILES string of the molecule is CCCOc1ccc(CCC(=O)OCC)c(O)c1. The van der Waals surface area contributed by atoms with Crippen LogP contribution in [0.5, 0.6) is 11.5 Å². The molecule has 18 heavy (non-hydrogen) atoms. The van der Waals surface area contributed by atoms with Crippen LogP contribution in [0.1, 0.15) is 32.3 Å². The lowest BCUT2D eigenvalue weighted by atomic mass is 10.1. The quantitative estimate of drug-likeness (QED) is 0.758. The number of aromatic hydroxyl groups is 1. The summed E-state index contributed by atoms with van der Waals surface area (Å²) in [4.78, 5) is 11.2. The molecule has 0 amide bonds. The molecule has 4 heteroatoms. The van der Waals surface area contributed by atoms with Crippen LogP contribution in [0.2, 0.25) is 0 Å². The van der Waals surface area contributed by atoms with Gasteiger partial charge in [-0.1, -0.05) is 13.0 Å². The minimum Gasteiger partial charge on any atom is -0.508 e. The van der Waals surface area contributed by atoms with E-state index in [4.69, 9.17) is 9.47 Å². The van der Waals surface area contributed by atoms with E-state index in [1.807, 2.05) is 6.92 Å². The van der Waals surface area contributed by atoms with Crippen molar-refractivity contribution in [2.24, 2.45) is 0 Å². The number of carbonyl (C=O) groups is 1. The molecule has 0 aliphatic heterocycles. The molecular formula is C14H20O4. The van der Waals surface area contributed by atoms with Gasteiger partial charge in [-0.2, -0.15) is 0 Å². The molecular weight excluding hydrogens is 232 g/mol. The van der Waals surface area contributed by atoms with Crippen molar-refractivity contribution < 1.29 is 19.4 Å². The summed E-state index contributed by atoms with van der Waals surface area (Å²) in [6, 6.07) is 5.16. The lowest BCUT2D eigenvalue weighted by Crippen LogP contribution is -2.05. The van der Waals surface area contributed by atoms with Crippen molar-refractivity contribution in [3.8, 4) is 11.5 Å². The molecule has 0 aliphatic rings. The number of esters is 1. The zero-order valence-electron chi connectivity index (χ0n) is 10.9. The van der Waals surface area contributed by atoms with Gasteiger partial charge in [0.25, 0.3) is 0 Å². The van der Waals surface area contributed by atoms with Gasteiger partial charge in [0, 0.05) is 12.5 Å². The van der Waals surface area contributed by atoms with E-state index in [1.54, 1.807) is 25.1 Å². The van der Waals surface area contributed by atoms with E-state index in [0.29, 0.717) is 25.4 Å². The predicted octanol–water partition coefficient (Wildman–Crippen LogP) is 2.68. The molecule has 1 aromatic carbocycles. The van der Waals surface area contributed by atoms with Gasteiger partial charge in [-0.05, 0) is 31.4 Å². The molecule has 1 aromatic rings. The van der Waals surface area contributed by atoms with Crippen LogP contribution < -0.4 is 4.74 Å². The van der Waals surface area contributed by atoms with Gasteiger partial charge in [-0.3, -0.25) is 4.79 Å². The van der Waals surface area contributed by atoms with E-state index in [9.17, 15) is 9.90 Å². The third-order valence-corrected chi connectivity index (χ3v) is 2.43. The number of ether oxygens (including phenoxy) is 2. The Morgan fingerprint density at radius 2 is 2.11 bits per heavy atom. The highest BCUT2D eigenvalue weighted by molar-refractivity contribution is 5.69. The number of rotatable bonds is 7. The first-order valence-corrected chi connectivity index (χ1v) is 6.27. The van der Waals surface area contributed by atoms with Crippen molar-refractivity contribution in [3.05, 3.63) is 23.8 Å². The molecule has 0 radical (unpaired) electrons. The minimum atomic E-state index is -0.247. The fourth-order valence-corrected chi connectivity index (χ4v) is 1.53. The standard InChI is InChI=1S/C14H20O4/c1-3-9-18-12-7-5-11(13(15)10-12)6-8-14(16)17-4-2/h5,7,10,15H,3-4,6,8-9H2,1-2H3. The molecule has 1 rings (SSSR count). The van der Waals surface area contributed by atoms with E-state index in [2.05, 4.69) is 0 Å². The van der Waals surface area contributed by atoms with Crippen LogP contribution in [0.25, 0.3) is 0 Å². The number of phenolic OH excluding ortho intramolecular Hbond substituents is 1. The Hall–Kier alpha value is -1.71. The molecule has 0 heterocycles. The minimum absolute atomic E-state index is 0.160.